The van der Waals surface area contributed by atoms with Gasteiger partial charge in [-0.2, -0.15) is 5.10 Å². The highest BCUT2D eigenvalue weighted by atomic mass is 16.5. The van der Waals surface area contributed by atoms with Gasteiger partial charge in [-0.1, -0.05) is 0 Å². The summed E-state index contributed by atoms with van der Waals surface area (Å²) in [5.74, 6) is 0.353. The highest BCUT2D eigenvalue weighted by Crippen LogP contribution is 2.09. The lowest BCUT2D eigenvalue weighted by Gasteiger charge is -2.26. The van der Waals surface area contributed by atoms with E-state index >= 15 is 0 Å². The van der Waals surface area contributed by atoms with Crippen molar-refractivity contribution in [3.8, 4) is 0 Å². The van der Waals surface area contributed by atoms with Gasteiger partial charge in [0.2, 0.25) is 5.91 Å². The Balaban J connectivity index is 1.91. The van der Waals surface area contributed by atoms with Crippen LogP contribution in [0.25, 0.3) is 0 Å². The topological polar surface area (TPSA) is 82.2 Å². The predicted octanol–water partition coefficient (Wildman–Crippen LogP) is -0.821. The molecular formula is C8H12N4O2. The number of aromatic nitrogens is 2. The molecule has 14 heavy (non-hydrogen) atoms. The molecule has 0 aromatic carbocycles. The highest BCUT2D eigenvalue weighted by molar-refractivity contribution is 5.73. The van der Waals surface area contributed by atoms with E-state index in [2.05, 4.69) is 10.4 Å². The van der Waals surface area contributed by atoms with E-state index in [0.717, 1.165) is 5.82 Å². The van der Waals surface area contributed by atoms with Gasteiger partial charge in [0.25, 0.3) is 0 Å². The van der Waals surface area contributed by atoms with Crippen LogP contribution in [0.2, 0.25) is 0 Å². The number of nitrogens with two attached hydrogens (primary N) is 1. The maximum atomic E-state index is 10.6. The lowest BCUT2D eigenvalue weighted by Crippen LogP contribution is -2.40. The molecule has 0 bridgehead atoms. The van der Waals surface area contributed by atoms with Crippen LogP contribution >= 0.6 is 0 Å². The number of hydrogen-bond donors (Lipinski definition) is 2. The minimum atomic E-state index is -0.397. The molecule has 76 valence electrons. The van der Waals surface area contributed by atoms with E-state index in [1.54, 1.807) is 12.3 Å². The number of primary amides is 1. The fourth-order valence-corrected chi connectivity index (χ4v) is 1.21. The minimum absolute atomic E-state index is 0.114. The number of ether oxygens (including phenoxy) is 1. The molecule has 6 heteroatoms. The lowest BCUT2D eigenvalue weighted by atomic mass is 10.2. The number of carbonyl (C=O) groups excluding carboxylic acids is 1. The van der Waals surface area contributed by atoms with Crippen LogP contribution in [0, 0.1) is 0 Å². The number of amides is 1. The van der Waals surface area contributed by atoms with Crippen LogP contribution in [0.4, 0.5) is 5.82 Å². The summed E-state index contributed by atoms with van der Waals surface area (Å²) in [6.45, 7) is 1.54. The normalized spacial score (nSPS) is 16.3. The van der Waals surface area contributed by atoms with Crippen molar-refractivity contribution in [2.45, 2.75) is 12.6 Å². The van der Waals surface area contributed by atoms with Crippen LogP contribution in [0.15, 0.2) is 12.3 Å². The zero-order valence-electron chi connectivity index (χ0n) is 7.64. The fourth-order valence-electron chi connectivity index (χ4n) is 1.21. The van der Waals surface area contributed by atoms with Crippen LogP contribution < -0.4 is 11.1 Å². The molecule has 1 amide bonds. The average Bonchev–Trinajstić information content (AvgIpc) is 2.44. The molecule has 2 heterocycles. The Kier molecular flexibility index (Phi) is 2.36. The van der Waals surface area contributed by atoms with Crippen molar-refractivity contribution < 1.29 is 9.53 Å². The van der Waals surface area contributed by atoms with Gasteiger partial charge in [-0.05, 0) is 0 Å². The summed E-state index contributed by atoms with van der Waals surface area (Å²) in [7, 11) is 0. The highest BCUT2D eigenvalue weighted by Gasteiger charge is 2.18. The second-order valence-corrected chi connectivity index (χ2v) is 3.24. The summed E-state index contributed by atoms with van der Waals surface area (Å²) in [4.78, 5) is 10.6. The lowest BCUT2D eigenvalue weighted by molar-refractivity contribution is -0.118. The third-order valence-electron chi connectivity index (χ3n) is 1.95. The van der Waals surface area contributed by atoms with Crippen molar-refractivity contribution in [1.82, 2.24) is 9.78 Å². The SMILES string of the molecule is NC(=O)Cn1ccc(NC2COC2)n1. The van der Waals surface area contributed by atoms with Gasteiger partial charge in [0, 0.05) is 12.3 Å². The largest absolute Gasteiger partial charge is 0.377 e. The first-order valence-corrected chi connectivity index (χ1v) is 4.40. The summed E-state index contributed by atoms with van der Waals surface area (Å²) in [5.41, 5.74) is 5.03. The molecule has 1 aromatic heterocycles. The molecule has 3 N–H and O–H groups in total. The van der Waals surface area contributed by atoms with Gasteiger partial charge in [0.05, 0.1) is 19.3 Å². The van der Waals surface area contributed by atoms with Crippen LogP contribution in [-0.2, 0) is 16.1 Å². The summed E-state index contributed by atoms with van der Waals surface area (Å²) in [6, 6.07) is 2.15. The Morgan fingerprint density at radius 1 is 1.79 bits per heavy atom. The first-order chi connectivity index (χ1) is 6.74. The molecule has 1 saturated heterocycles. The molecule has 0 saturated carbocycles. The number of carbonyl (C=O) groups is 1. The van der Waals surface area contributed by atoms with Crippen LogP contribution in [-0.4, -0.2) is 34.9 Å². The van der Waals surface area contributed by atoms with E-state index in [4.69, 9.17) is 10.5 Å². The van der Waals surface area contributed by atoms with Gasteiger partial charge in [0.1, 0.15) is 12.4 Å². The molecule has 1 aliphatic heterocycles. The van der Waals surface area contributed by atoms with Gasteiger partial charge >= 0.3 is 0 Å². The quantitative estimate of drug-likeness (QED) is 0.659. The van der Waals surface area contributed by atoms with E-state index < -0.39 is 5.91 Å². The van der Waals surface area contributed by atoms with Crippen LogP contribution in [0.3, 0.4) is 0 Å². The number of anilines is 1. The van der Waals surface area contributed by atoms with E-state index in [1.807, 2.05) is 0 Å². The van der Waals surface area contributed by atoms with Gasteiger partial charge in [0.15, 0.2) is 0 Å². The Bertz CT molecular complexity index is 332. The number of rotatable bonds is 4. The standard InChI is InChI=1S/C8H12N4O2/c9-7(13)3-12-2-1-8(11-12)10-6-4-14-5-6/h1-2,6H,3-5H2,(H2,9,13)(H,10,11). The zero-order chi connectivity index (χ0) is 9.97. The van der Waals surface area contributed by atoms with E-state index in [1.165, 1.54) is 4.68 Å². The molecule has 1 aromatic rings. The molecule has 0 unspecified atom stereocenters. The van der Waals surface area contributed by atoms with Crippen molar-refractivity contribution in [2.24, 2.45) is 5.73 Å². The van der Waals surface area contributed by atoms with Crippen molar-refractivity contribution in [3.05, 3.63) is 12.3 Å². The minimum Gasteiger partial charge on any atom is -0.377 e. The van der Waals surface area contributed by atoms with Gasteiger partial charge in [-0.3, -0.25) is 9.48 Å². The summed E-state index contributed by atoms with van der Waals surface area (Å²) >= 11 is 0. The summed E-state index contributed by atoms with van der Waals surface area (Å²) in [5, 5.41) is 7.28. The Morgan fingerprint density at radius 3 is 3.14 bits per heavy atom. The van der Waals surface area contributed by atoms with Crippen LogP contribution in [0.1, 0.15) is 0 Å². The zero-order valence-corrected chi connectivity index (χ0v) is 7.64. The Morgan fingerprint density at radius 2 is 2.57 bits per heavy atom. The molecule has 0 atom stereocenters. The number of nitrogens with one attached hydrogen (secondary N) is 1. The molecule has 1 fully saturated rings. The fraction of sp³-hybridized carbons (Fsp3) is 0.500. The number of nitrogens with zero attached hydrogens (tertiary/aromatic N) is 2. The Labute approximate surface area is 81.0 Å². The van der Waals surface area contributed by atoms with E-state index in [-0.39, 0.29) is 6.54 Å². The van der Waals surface area contributed by atoms with Gasteiger partial charge in [-0.15, -0.1) is 0 Å². The molecule has 0 aliphatic carbocycles. The molecule has 6 nitrogen and oxygen atoms in total. The molecular weight excluding hydrogens is 184 g/mol. The Hall–Kier alpha value is -1.56. The van der Waals surface area contributed by atoms with E-state index in [9.17, 15) is 4.79 Å². The first-order valence-electron chi connectivity index (χ1n) is 4.40. The van der Waals surface area contributed by atoms with Gasteiger partial charge < -0.3 is 15.8 Å². The molecule has 0 spiro atoms. The monoisotopic (exact) mass is 196 g/mol. The van der Waals surface area contributed by atoms with Crippen LogP contribution in [0.5, 0.6) is 0 Å². The smallest absolute Gasteiger partial charge is 0.239 e. The molecule has 2 rings (SSSR count). The second kappa shape index (κ2) is 3.67. The third-order valence-corrected chi connectivity index (χ3v) is 1.95. The summed E-state index contributed by atoms with van der Waals surface area (Å²) < 4.78 is 6.51. The second-order valence-electron chi connectivity index (χ2n) is 3.24. The van der Waals surface area contributed by atoms with Crippen molar-refractivity contribution >= 4 is 11.7 Å². The van der Waals surface area contributed by atoms with Gasteiger partial charge in [-0.25, -0.2) is 0 Å². The maximum absolute atomic E-state index is 10.6. The molecule has 0 radical (unpaired) electrons. The first kappa shape index (κ1) is 9.01. The van der Waals surface area contributed by atoms with Crippen molar-refractivity contribution in [1.29, 1.82) is 0 Å². The molecule has 1 aliphatic rings. The number of hydrogen-bond acceptors (Lipinski definition) is 4. The summed E-state index contributed by atoms with van der Waals surface area (Å²) in [6.07, 6.45) is 1.71. The predicted molar refractivity (Wildman–Crippen MR) is 49.7 cm³/mol. The maximum Gasteiger partial charge on any atom is 0.239 e. The average molecular weight is 196 g/mol. The van der Waals surface area contributed by atoms with Crippen molar-refractivity contribution in [2.75, 3.05) is 18.5 Å². The van der Waals surface area contributed by atoms with Crippen molar-refractivity contribution in [3.63, 3.8) is 0 Å². The third kappa shape index (κ3) is 2.02. The van der Waals surface area contributed by atoms with E-state index in [0.29, 0.717) is 19.3 Å².